The molecule has 0 saturated carbocycles. The molecule has 1 atom stereocenters. The fourth-order valence-corrected chi connectivity index (χ4v) is 2.51. The molecule has 0 aliphatic carbocycles. The van der Waals surface area contributed by atoms with Gasteiger partial charge < -0.3 is 10.2 Å². The van der Waals surface area contributed by atoms with Crippen molar-refractivity contribution in [2.75, 3.05) is 13.1 Å². The standard InChI is InChI=1S/C15H26N2O3/c1-11(2)15(12(3)18)16-13(19)10-17-9-7-5-4-6-8-14(17)20/h11,15H,4-10H2,1-3H3,(H,16,19). The average Bonchev–Trinajstić information content (AvgIpc) is 2.35. The molecule has 1 unspecified atom stereocenters. The predicted octanol–water partition coefficient (Wildman–Crippen LogP) is 1.51. The minimum Gasteiger partial charge on any atom is -0.345 e. The van der Waals surface area contributed by atoms with Crippen LogP contribution < -0.4 is 5.32 Å². The maximum absolute atomic E-state index is 12.0. The molecular weight excluding hydrogens is 256 g/mol. The zero-order valence-corrected chi connectivity index (χ0v) is 12.8. The second-order valence-corrected chi connectivity index (χ2v) is 5.88. The Balaban J connectivity index is 2.54. The molecule has 1 heterocycles. The quantitative estimate of drug-likeness (QED) is 0.831. The first-order valence-electron chi connectivity index (χ1n) is 7.49. The fraction of sp³-hybridized carbons (Fsp3) is 0.800. The third-order valence-corrected chi connectivity index (χ3v) is 3.68. The largest absolute Gasteiger partial charge is 0.345 e. The average molecular weight is 282 g/mol. The molecule has 1 rings (SSSR count). The van der Waals surface area contributed by atoms with Crippen molar-refractivity contribution in [1.82, 2.24) is 10.2 Å². The topological polar surface area (TPSA) is 66.5 Å². The van der Waals surface area contributed by atoms with Gasteiger partial charge >= 0.3 is 0 Å². The molecule has 1 aliphatic heterocycles. The van der Waals surface area contributed by atoms with Crippen LogP contribution in [-0.4, -0.2) is 41.6 Å². The van der Waals surface area contributed by atoms with E-state index in [0.29, 0.717) is 13.0 Å². The van der Waals surface area contributed by atoms with E-state index >= 15 is 0 Å². The van der Waals surface area contributed by atoms with Crippen LogP contribution in [0.1, 0.15) is 52.9 Å². The molecule has 1 fully saturated rings. The molecule has 0 aromatic rings. The first kappa shape index (κ1) is 16.7. The number of ketones is 1. The van der Waals surface area contributed by atoms with Gasteiger partial charge in [-0.25, -0.2) is 0 Å². The van der Waals surface area contributed by atoms with Gasteiger partial charge in [0.15, 0.2) is 5.78 Å². The lowest BCUT2D eigenvalue weighted by molar-refractivity contribution is -0.137. The number of nitrogens with zero attached hydrogens (tertiary/aromatic N) is 1. The van der Waals surface area contributed by atoms with Crippen molar-refractivity contribution in [3.8, 4) is 0 Å². The third-order valence-electron chi connectivity index (χ3n) is 3.68. The Hall–Kier alpha value is -1.39. The highest BCUT2D eigenvalue weighted by Crippen LogP contribution is 2.11. The van der Waals surface area contributed by atoms with Crippen LogP contribution >= 0.6 is 0 Å². The molecule has 0 bridgehead atoms. The molecule has 1 aliphatic rings. The highest BCUT2D eigenvalue weighted by atomic mass is 16.2. The Kier molecular flexibility index (Phi) is 6.68. The second-order valence-electron chi connectivity index (χ2n) is 5.88. The number of Topliss-reactive ketones (excluding diaryl/α,β-unsaturated/α-hetero) is 1. The summed E-state index contributed by atoms with van der Waals surface area (Å²) in [5.41, 5.74) is 0. The number of likely N-dealkylation sites (tertiary alicyclic amines) is 1. The van der Waals surface area contributed by atoms with Crippen molar-refractivity contribution < 1.29 is 14.4 Å². The van der Waals surface area contributed by atoms with Gasteiger partial charge in [-0.2, -0.15) is 0 Å². The number of hydrogen-bond acceptors (Lipinski definition) is 3. The molecule has 5 heteroatoms. The van der Waals surface area contributed by atoms with E-state index < -0.39 is 6.04 Å². The Morgan fingerprint density at radius 1 is 1.20 bits per heavy atom. The summed E-state index contributed by atoms with van der Waals surface area (Å²) < 4.78 is 0. The van der Waals surface area contributed by atoms with E-state index in [0.717, 1.165) is 25.7 Å². The van der Waals surface area contributed by atoms with E-state index in [4.69, 9.17) is 0 Å². The molecule has 2 amide bonds. The van der Waals surface area contributed by atoms with E-state index in [-0.39, 0.29) is 30.1 Å². The van der Waals surface area contributed by atoms with Gasteiger partial charge in [-0.05, 0) is 25.7 Å². The minimum absolute atomic E-state index is 0.0452. The first-order chi connectivity index (χ1) is 9.41. The van der Waals surface area contributed by atoms with Gasteiger partial charge in [-0.15, -0.1) is 0 Å². The Labute approximate surface area is 121 Å². The number of rotatable bonds is 5. The smallest absolute Gasteiger partial charge is 0.240 e. The molecule has 114 valence electrons. The van der Waals surface area contributed by atoms with Gasteiger partial charge in [-0.3, -0.25) is 14.4 Å². The maximum atomic E-state index is 12.0. The van der Waals surface area contributed by atoms with Crippen molar-refractivity contribution in [3.05, 3.63) is 0 Å². The lowest BCUT2D eigenvalue weighted by Gasteiger charge is -2.26. The summed E-state index contributed by atoms with van der Waals surface area (Å²) in [5.74, 6) is -0.191. The lowest BCUT2D eigenvalue weighted by Crippen LogP contribution is -2.48. The Bertz CT molecular complexity index is 366. The number of carbonyl (C=O) groups excluding carboxylic acids is 3. The van der Waals surface area contributed by atoms with Gasteiger partial charge in [0, 0.05) is 13.0 Å². The van der Waals surface area contributed by atoms with E-state index in [9.17, 15) is 14.4 Å². The molecule has 5 nitrogen and oxygen atoms in total. The lowest BCUT2D eigenvalue weighted by atomic mass is 10.0. The van der Waals surface area contributed by atoms with Crippen molar-refractivity contribution in [2.45, 2.75) is 58.9 Å². The van der Waals surface area contributed by atoms with Crippen LogP contribution in [0.5, 0.6) is 0 Å². The molecule has 20 heavy (non-hydrogen) atoms. The minimum atomic E-state index is -0.465. The van der Waals surface area contributed by atoms with Gasteiger partial charge in [0.25, 0.3) is 0 Å². The molecule has 0 spiro atoms. The van der Waals surface area contributed by atoms with Gasteiger partial charge in [0.2, 0.25) is 11.8 Å². The summed E-state index contributed by atoms with van der Waals surface area (Å²) in [7, 11) is 0. The summed E-state index contributed by atoms with van der Waals surface area (Å²) in [6, 6.07) is -0.465. The van der Waals surface area contributed by atoms with Crippen LogP contribution in [0, 0.1) is 5.92 Å². The normalized spacial score (nSPS) is 18.4. The van der Waals surface area contributed by atoms with Crippen LogP contribution in [0.15, 0.2) is 0 Å². The summed E-state index contributed by atoms with van der Waals surface area (Å²) in [6.45, 7) is 5.97. The van der Waals surface area contributed by atoms with Crippen LogP contribution in [0.3, 0.4) is 0 Å². The zero-order chi connectivity index (χ0) is 15.1. The highest BCUT2D eigenvalue weighted by molar-refractivity contribution is 5.90. The summed E-state index contributed by atoms with van der Waals surface area (Å²) >= 11 is 0. The Morgan fingerprint density at radius 3 is 2.45 bits per heavy atom. The van der Waals surface area contributed by atoms with Crippen LogP contribution in [-0.2, 0) is 14.4 Å². The maximum Gasteiger partial charge on any atom is 0.240 e. The highest BCUT2D eigenvalue weighted by Gasteiger charge is 2.23. The summed E-state index contributed by atoms with van der Waals surface area (Å²) in [5, 5.41) is 2.74. The molecule has 0 radical (unpaired) electrons. The summed E-state index contributed by atoms with van der Waals surface area (Å²) in [4.78, 5) is 37.1. The van der Waals surface area contributed by atoms with Crippen molar-refractivity contribution >= 4 is 17.6 Å². The first-order valence-corrected chi connectivity index (χ1v) is 7.49. The molecule has 0 aromatic carbocycles. The molecule has 1 saturated heterocycles. The third kappa shape index (κ3) is 5.31. The fourth-order valence-electron chi connectivity index (χ4n) is 2.51. The van der Waals surface area contributed by atoms with E-state index in [1.54, 1.807) is 4.90 Å². The van der Waals surface area contributed by atoms with Crippen molar-refractivity contribution in [3.63, 3.8) is 0 Å². The number of nitrogens with one attached hydrogen (secondary N) is 1. The van der Waals surface area contributed by atoms with E-state index in [1.807, 2.05) is 13.8 Å². The number of amides is 2. The molecule has 1 N–H and O–H groups in total. The van der Waals surface area contributed by atoms with Crippen molar-refractivity contribution in [2.24, 2.45) is 5.92 Å². The van der Waals surface area contributed by atoms with Gasteiger partial charge in [-0.1, -0.05) is 26.7 Å². The SMILES string of the molecule is CC(=O)C(NC(=O)CN1CCCCCCC1=O)C(C)C. The van der Waals surface area contributed by atoms with Crippen molar-refractivity contribution in [1.29, 1.82) is 0 Å². The van der Waals surface area contributed by atoms with Crippen LogP contribution in [0.25, 0.3) is 0 Å². The van der Waals surface area contributed by atoms with Gasteiger partial charge in [0.05, 0.1) is 12.6 Å². The number of hydrogen-bond donors (Lipinski definition) is 1. The monoisotopic (exact) mass is 282 g/mol. The van der Waals surface area contributed by atoms with Crippen LogP contribution in [0.4, 0.5) is 0 Å². The number of carbonyl (C=O) groups is 3. The zero-order valence-electron chi connectivity index (χ0n) is 12.8. The van der Waals surface area contributed by atoms with E-state index in [2.05, 4.69) is 5.32 Å². The molecule has 0 aromatic heterocycles. The summed E-state index contributed by atoms with van der Waals surface area (Å²) in [6.07, 6.45) is 4.56. The van der Waals surface area contributed by atoms with Crippen LogP contribution in [0.2, 0.25) is 0 Å². The molecular formula is C15H26N2O3. The Morgan fingerprint density at radius 2 is 1.85 bits per heavy atom. The van der Waals surface area contributed by atoms with E-state index in [1.165, 1.54) is 6.92 Å². The predicted molar refractivity (Wildman–Crippen MR) is 77.1 cm³/mol. The van der Waals surface area contributed by atoms with Gasteiger partial charge in [0.1, 0.15) is 0 Å². The second kappa shape index (κ2) is 8.02.